The molecule has 1 aromatic carbocycles. The van der Waals surface area contributed by atoms with E-state index in [0.29, 0.717) is 36.8 Å². The van der Waals surface area contributed by atoms with Gasteiger partial charge in [0.1, 0.15) is 11.9 Å². The maximum atomic E-state index is 12.9. The molecule has 1 atom stereocenters. The molecule has 2 aromatic heterocycles. The van der Waals surface area contributed by atoms with Gasteiger partial charge in [-0.1, -0.05) is 6.07 Å². The predicted octanol–water partition coefficient (Wildman–Crippen LogP) is 1.84. The summed E-state index contributed by atoms with van der Waals surface area (Å²) in [5, 5.41) is 0.926. The van der Waals surface area contributed by atoms with Gasteiger partial charge in [-0.25, -0.2) is 4.98 Å². The van der Waals surface area contributed by atoms with E-state index in [9.17, 15) is 9.59 Å². The highest BCUT2D eigenvalue weighted by atomic mass is 16.5. The fourth-order valence-corrected chi connectivity index (χ4v) is 3.17. The minimum absolute atomic E-state index is 0.0642. The quantitative estimate of drug-likeness (QED) is 0.762. The van der Waals surface area contributed by atoms with Gasteiger partial charge in [0.2, 0.25) is 0 Å². The Morgan fingerprint density at radius 3 is 3.04 bits per heavy atom. The molecule has 0 unspecified atom stereocenters. The van der Waals surface area contributed by atoms with Crippen LogP contribution in [0.5, 0.6) is 0 Å². The lowest BCUT2D eigenvalue weighted by atomic mass is 10.1. The van der Waals surface area contributed by atoms with E-state index in [2.05, 4.69) is 15.0 Å². The van der Waals surface area contributed by atoms with Crippen LogP contribution >= 0.6 is 0 Å². The van der Waals surface area contributed by atoms with E-state index >= 15 is 0 Å². The van der Waals surface area contributed by atoms with Crippen molar-refractivity contribution in [3.05, 3.63) is 70.0 Å². The number of morpholine rings is 1. The van der Waals surface area contributed by atoms with Gasteiger partial charge in [-0.05, 0) is 31.2 Å². The van der Waals surface area contributed by atoms with Crippen molar-refractivity contribution in [2.75, 3.05) is 19.7 Å². The number of ether oxygens (including phenoxy) is 1. The maximum Gasteiger partial charge on any atom is 0.254 e. The molecule has 1 amide bonds. The third-order valence-corrected chi connectivity index (χ3v) is 4.41. The highest BCUT2D eigenvalue weighted by Gasteiger charge is 2.27. The Morgan fingerprint density at radius 1 is 1.31 bits per heavy atom. The van der Waals surface area contributed by atoms with Gasteiger partial charge in [0.05, 0.1) is 24.4 Å². The molecule has 1 aliphatic rings. The van der Waals surface area contributed by atoms with Crippen LogP contribution in [-0.2, 0) is 4.74 Å². The first kappa shape index (κ1) is 16.4. The summed E-state index contributed by atoms with van der Waals surface area (Å²) in [5.41, 5.74) is 1.79. The molecule has 7 nitrogen and oxygen atoms in total. The summed E-state index contributed by atoms with van der Waals surface area (Å²) in [7, 11) is 0. The molecule has 0 spiro atoms. The monoisotopic (exact) mass is 350 g/mol. The van der Waals surface area contributed by atoms with Crippen LogP contribution in [-0.4, -0.2) is 45.5 Å². The summed E-state index contributed by atoms with van der Waals surface area (Å²) in [6.07, 6.45) is 1.32. The number of aryl methyl sites for hydroxylation is 1. The van der Waals surface area contributed by atoms with Crippen molar-refractivity contribution >= 4 is 16.8 Å². The number of aromatic amines is 1. The van der Waals surface area contributed by atoms with E-state index in [1.807, 2.05) is 24.3 Å². The number of hydrogen-bond acceptors (Lipinski definition) is 5. The van der Waals surface area contributed by atoms with Gasteiger partial charge in [-0.3, -0.25) is 14.6 Å². The average molecular weight is 350 g/mol. The van der Waals surface area contributed by atoms with E-state index in [4.69, 9.17) is 4.74 Å². The Morgan fingerprint density at radius 2 is 2.19 bits per heavy atom. The van der Waals surface area contributed by atoms with Crippen LogP contribution in [0.25, 0.3) is 10.9 Å². The molecule has 0 radical (unpaired) electrons. The zero-order chi connectivity index (χ0) is 18.1. The Kier molecular flexibility index (Phi) is 4.22. The second kappa shape index (κ2) is 6.68. The Bertz CT molecular complexity index is 1030. The second-order valence-electron chi connectivity index (χ2n) is 6.28. The molecule has 0 saturated carbocycles. The molecule has 3 aromatic rings. The van der Waals surface area contributed by atoms with Crippen LogP contribution < -0.4 is 5.56 Å². The van der Waals surface area contributed by atoms with E-state index < -0.39 is 6.10 Å². The van der Waals surface area contributed by atoms with E-state index in [0.717, 1.165) is 10.9 Å². The maximum absolute atomic E-state index is 12.9. The van der Waals surface area contributed by atoms with Gasteiger partial charge in [0.15, 0.2) is 0 Å². The summed E-state index contributed by atoms with van der Waals surface area (Å²) in [5.74, 6) is 0.465. The molecule has 7 heteroatoms. The number of H-pyrrole nitrogens is 1. The molecular formula is C19H18N4O3. The average Bonchev–Trinajstić information content (AvgIpc) is 2.66. The van der Waals surface area contributed by atoms with Crippen molar-refractivity contribution in [3.8, 4) is 0 Å². The van der Waals surface area contributed by atoms with E-state index in [1.165, 1.54) is 6.07 Å². The van der Waals surface area contributed by atoms with Crippen LogP contribution in [0.1, 0.15) is 28.0 Å². The number of nitrogens with one attached hydrogen (secondary N) is 1. The lowest BCUT2D eigenvalue weighted by molar-refractivity contribution is -0.0248. The van der Waals surface area contributed by atoms with Crippen LogP contribution in [0.15, 0.2) is 47.4 Å². The molecule has 0 bridgehead atoms. The van der Waals surface area contributed by atoms with Gasteiger partial charge >= 0.3 is 0 Å². The summed E-state index contributed by atoms with van der Waals surface area (Å²) in [4.78, 5) is 37.6. The number of carbonyl (C=O) groups is 1. The summed E-state index contributed by atoms with van der Waals surface area (Å²) in [6, 6.07) is 10.7. The summed E-state index contributed by atoms with van der Waals surface area (Å²) in [6.45, 7) is 2.99. The molecule has 1 fully saturated rings. The molecular weight excluding hydrogens is 332 g/mol. The number of hydrogen-bond donors (Lipinski definition) is 1. The highest BCUT2D eigenvalue weighted by Crippen LogP contribution is 2.22. The second-order valence-corrected chi connectivity index (χ2v) is 6.28. The summed E-state index contributed by atoms with van der Waals surface area (Å²) >= 11 is 0. The molecule has 132 valence electrons. The van der Waals surface area contributed by atoms with Crippen molar-refractivity contribution in [1.82, 2.24) is 19.9 Å². The number of nitrogens with zero attached hydrogens (tertiary/aromatic N) is 3. The lowest BCUT2D eigenvalue weighted by Crippen LogP contribution is -2.42. The SMILES string of the molecule is Cc1nc([C@H]2CN(C(=O)c3ccc4ncccc4c3)CCO2)cc(=O)[nH]1. The molecule has 26 heavy (non-hydrogen) atoms. The number of fused-ring (bicyclic) bond motifs is 1. The molecule has 1 aliphatic heterocycles. The van der Waals surface area contributed by atoms with Crippen LogP contribution in [0.2, 0.25) is 0 Å². The minimum atomic E-state index is -0.407. The first-order chi connectivity index (χ1) is 12.6. The first-order valence-corrected chi connectivity index (χ1v) is 8.44. The van der Waals surface area contributed by atoms with Crippen molar-refractivity contribution in [2.24, 2.45) is 0 Å². The predicted molar refractivity (Wildman–Crippen MR) is 95.9 cm³/mol. The summed E-state index contributed by atoms with van der Waals surface area (Å²) < 4.78 is 5.74. The Hall–Kier alpha value is -3.06. The number of benzene rings is 1. The normalized spacial score (nSPS) is 17.4. The van der Waals surface area contributed by atoms with Crippen LogP contribution in [0, 0.1) is 6.92 Å². The van der Waals surface area contributed by atoms with Gasteiger partial charge < -0.3 is 14.6 Å². The lowest BCUT2D eigenvalue weighted by Gasteiger charge is -2.32. The largest absolute Gasteiger partial charge is 0.368 e. The number of aromatic nitrogens is 3. The fourth-order valence-electron chi connectivity index (χ4n) is 3.17. The van der Waals surface area contributed by atoms with Crippen LogP contribution in [0.3, 0.4) is 0 Å². The van der Waals surface area contributed by atoms with Crippen molar-refractivity contribution in [1.29, 1.82) is 0 Å². The zero-order valence-corrected chi connectivity index (χ0v) is 14.3. The van der Waals surface area contributed by atoms with Crippen molar-refractivity contribution < 1.29 is 9.53 Å². The smallest absolute Gasteiger partial charge is 0.254 e. The number of carbonyl (C=O) groups excluding carboxylic acids is 1. The molecule has 1 saturated heterocycles. The van der Waals surface area contributed by atoms with Crippen LogP contribution in [0.4, 0.5) is 0 Å². The molecule has 3 heterocycles. The zero-order valence-electron chi connectivity index (χ0n) is 14.3. The van der Waals surface area contributed by atoms with Gasteiger partial charge in [-0.2, -0.15) is 0 Å². The molecule has 0 aliphatic carbocycles. The minimum Gasteiger partial charge on any atom is -0.368 e. The van der Waals surface area contributed by atoms with Gasteiger partial charge in [-0.15, -0.1) is 0 Å². The van der Waals surface area contributed by atoms with Gasteiger partial charge in [0.25, 0.3) is 11.5 Å². The Labute approximate surface area is 149 Å². The third-order valence-electron chi connectivity index (χ3n) is 4.41. The number of rotatable bonds is 2. The topological polar surface area (TPSA) is 88.2 Å². The molecule has 4 rings (SSSR count). The van der Waals surface area contributed by atoms with E-state index in [-0.39, 0.29) is 11.5 Å². The fraction of sp³-hybridized carbons (Fsp3) is 0.263. The van der Waals surface area contributed by atoms with Crippen molar-refractivity contribution in [3.63, 3.8) is 0 Å². The van der Waals surface area contributed by atoms with Gasteiger partial charge in [0, 0.05) is 29.8 Å². The standard InChI is InChI=1S/C19H18N4O3/c1-12-21-16(10-18(24)22-12)17-11-23(7-8-26-17)19(25)14-4-5-15-13(9-14)3-2-6-20-15/h2-6,9-10,17H,7-8,11H2,1H3,(H,21,22,24)/t17-/m1/s1. The van der Waals surface area contributed by atoms with Crippen molar-refractivity contribution in [2.45, 2.75) is 13.0 Å². The Balaban J connectivity index is 1.58. The number of amides is 1. The van der Waals surface area contributed by atoms with E-state index in [1.54, 1.807) is 24.1 Å². The number of pyridine rings is 1. The highest BCUT2D eigenvalue weighted by molar-refractivity contribution is 5.98. The third kappa shape index (κ3) is 3.21. The first-order valence-electron chi connectivity index (χ1n) is 8.44. The molecule has 1 N–H and O–H groups in total.